The zero-order valence-electron chi connectivity index (χ0n) is 27.9. The summed E-state index contributed by atoms with van der Waals surface area (Å²) in [5.74, 6) is 1.18. The molecule has 1 aromatic heterocycles. The van der Waals surface area contributed by atoms with Crippen molar-refractivity contribution in [3.05, 3.63) is 158 Å². The lowest BCUT2D eigenvalue weighted by molar-refractivity contribution is -0.203. The van der Waals surface area contributed by atoms with Crippen molar-refractivity contribution in [2.75, 3.05) is 27.4 Å². The molecule has 2 aliphatic rings. The minimum Gasteiger partial charge on any atom is -0.497 e. The standard InChI is InChI=1S/C37H34ClN2O11P/c1-45-27-16-12-25(13-17-27)37(24-8-4-3-5-9-24,26-14-18-28(46-2)19-15-26)48-23-36-22-47-32(34(49-36)40-21-20-31(41)39-35(40)42)33(36)51-52(43,44)50-30-11-7-6-10-29(30)38/h3-21,32-34H,22-23H2,1-2H3,(H,43,44)(H,39,41,42)/t32-,33?,34-,36+/m1/s1. The average Bonchev–Trinajstić information content (AvgIpc) is 3.63. The number of methoxy groups -OCH3 is 2. The molecule has 5 aromatic rings. The third-order valence-corrected chi connectivity index (χ3v) is 10.3. The van der Waals surface area contributed by atoms with Gasteiger partial charge in [0.2, 0.25) is 0 Å². The maximum atomic E-state index is 13.7. The van der Waals surface area contributed by atoms with Gasteiger partial charge in [-0.2, -0.15) is 0 Å². The van der Waals surface area contributed by atoms with Gasteiger partial charge in [-0.25, -0.2) is 9.36 Å². The summed E-state index contributed by atoms with van der Waals surface area (Å²) < 4.78 is 56.8. The summed E-state index contributed by atoms with van der Waals surface area (Å²) >= 11 is 6.23. The Morgan fingerprint density at radius 2 is 1.48 bits per heavy atom. The van der Waals surface area contributed by atoms with Gasteiger partial charge in [0.05, 0.1) is 32.5 Å². The van der Waals surface area contributed by atoms with E-state index in [1.54, 1.807) is 26.4 Å². The van der Waals surface area contributed by atoms with Gasteiger partial charge < -0.3 is 28.2 Å². The van der Waals surface area contributed by atoms with Gasteiger partial charge in [0, 0.05) is 12.3 Å². The molecule has 7 rings (SSSR count). The number of phosphoric ester groups is 1. The first-order chi connectivity index (χ1) is 25.1. The van der Waals surface area contributed by atoms with E-state index in [2.05, 4.69) is 4.98 Å². The van der Waals surface area contributed by atoms with Gasteiger partial charge in [0.25, 0.3) is 5.56 Å². The molecule has 0 radical (unpaired) electrons. The maximum Gasteiger partial charge on any atom is 0.527 e. The third-order valence-electron chi connectivity index (χ3n) is 9.10. The van der Waals surface area contributed by atoms with E-state index in [-0.39, 0.29) is 24.0 Å². The molecule has 2 aliphatic heterocycles. The van der Waals surface area contributed by atoms with Crippen molar-refractivity contribution in [2.24, 2.45) is 0 Å². The van der Waals surface area contributed by atoms with Gasteiger partial charge in [-0.15, -0.1) is 0 Å². The summed E-state index contributed by atoms with van der Waals surface area (Å²) in [5.41, 5.74) is -2.12. The molecule has 0 aliphatic carbocycles. The minimum absolute atomic E-state index is 0.0806. The molecule has 2 fully saturated rings. The molecule has 52 heavy (non-hydrogen) atoms. The molecule has 2 N–H and O–H groups in total. The zero-order chi connectivity index (χ0) is 36.5. The number of nitrogens with one attached hydrogen (secondary N) is 1. The summed E-state index contributed by atoms with van der Waals surface area (Å²) in [6.07, 6.45) is -2.38. The minimum atomic E-state index is -4.94. The fraction of sp³-hybridized carbons (Fsp3) is 0.243. The van der Waals surface area contributed by atoms with Crippen LogP contribution in [0.4, 0.5) is 0 Å². The van der Waals surface area contributed by atoms with Crippen LogP contribution in [0, 0.1) is 0 Å². The Hall–Kier alpha value is -4.72. The summed E-state index contributed by atoms with van der Waals surface area (Å²) in [4.78, 5) is 38.2. The number of phosphoric acid groups is 1. The van der Waals surface area contributed by atoms with Crippen molar-refractivity contribution >= 4 is 19.4 Å². The quantitative estimate of drug-likeness (QED) is 0.117. The fourth-order valence-electron chi connectivity index (χ4n) is 6.62. The molecule has 15 heteroatoms. The number of aromatic amines is 1. The van der Waals surface area contributed by atoms with E-state index in [9.17, 15) is 19.0 Å². The molecular weight excluding hydrogens is 715 g/mol. The highest BCUT2D eigenvalue weighted by Crippen LogP contribution is 2.56. The van der Waals surface area contributed by atoms with Crippen LogP contribution < -0.4 is 25.2 Å². The number of halogens is 1. The van der Waals surface area contributed by atoms with E-state index in [0.29, 0.717) is 11.5 Å². The second kappa shape index (κ2) is 14.4. The molecule has 0 saturated carbocycles. The van der Waals surface area contributed by atoms with E-state index < -0.39 is 48.7 Å². The number of H-pyrrole nitrogens is 1. The van der Waals surface area contributed by atoms with Crippen LogP contribution in [-0.4, -0.2) is 59.7 Å². The average molecular weight is 749 g/mol. The molecule has 0 amide bonds. The van der Waals surface area contributed by atoms with Gasteiger partial charge in [-0.05, 0) is 53.1 Å². The first-order valence-corrected chi connectivity index (χ1v) is 18.0. The van der Waals surface area contributed by atoms with Gasteiger partial charge in [0.1, 0.15) is 40.7 Å². The number of hydrogen-bond acceptors (Lipinski definition) is 10. The topological polar surface area (TPSA) is 157 Å². The second-order valence-electron chi connectivity index (χ2n) is 12.2. The van der Waals surface area contributed by atoms with Crippen molar-refractivity contribution in [1.82, 2.24) is 9.55 Å². The largest absolute Gasteiger partial charge is 0.527 e. The smallest absolute Gasteiger partial charge is 0.497 e. The summed E-state index contributed by atoms with van der Waals surface area (Å²) in [7, 11) is -1.78. The number of aromatic nitrogens is 2. The van der Waals surface area contributed by atoms with E-state index >= 15 is 0 Å². The third kappa shape index (κ3) is 6.68. The van der Waals surface area contributed by atoms with Crippen molar-refractivity contribution in [3.8, 4) is 17.2 Å². The van der Waals surface area contributed by atoms with Gasteiger partial charge in [-0.1, -0.05) is 78.3 Å². The molecule has 5 atom stereocenters. The fourth-order valence-corrected chi connectivity index (χ4v) is 7.89. The highest BCUT2D eigenvalue weighted by molar-refractivity contribution is 7.47. The lowest BCUT2D eigenvalue weighted by atomic mass is 9.79. The van der Waals surface area contributed by atoms with Crippen LogP contribution >= 0.6 is 19.4 Å². The van der Waals surface area contributed by atoms with Crippen LogP contribution in [-0.2, 0) is 28.9 Å². The summed E-state index contributed by atoms with van der Waals surface area (Å²) in [6.45, 7) is -0.444. The number of nitrogens with zero attached hydrogens (tertiary/aromatic N) is 1. The van der Waals surface area contributed by atoms with Crippen LogP contribution in [0.15, 0.2) is 125 Å². The Kier molecular flexibility index (Phi) is 9.85. The predicted molar refractivity (Wildman–Crippen MR) is 189 cm³/mol. The van der Waals surface area contributed by atoms with Crippen LogP contribution in [0.2, 0.25) is 5.02 Å². The Balaban J connectivity index is 1.33. The van der Waals surface area contributed by atoms with E-state index in [4.69, 9.17) is 44.3 Å². The van der Waals surface area contributed by atoms with Gasteiger partial charge in [-0.3, -0.25) is 23.8 Å². The molecule has 270 valence electrons. The van der Waals surface area contributed by atoms with Crippen molar-refractivity contribution in [3.63, 3.8) is 0 Å². The molecular formula is C37H34ClN2O11P. The van der Waals surface area contributed by atoms with Crippen LogP contribution in [0.5, 0.6) is 17.2 Å². The first-order valence-electron chi connectivity index (χ1n) is 16.1. The van der Waals surface area contributed by atoms with Crippen molar-refractivity contribution in [2.45, 2.75) is 29.6 Å². The maximum absolute atomic E-state index is 13.7. The SMILES string of the molecule is COc1ccc(C(OC[C@@]23CO[C@H](C2OP(=O)(O)Oc2ccccc2Cl)[C@H](n2ccc(=O)[nH]c2=O)O3)(c2ccccc2)c2ccc(OC)cc2)cc1. The van der Waals surface area contributed by atoms with Crippen LogP contribution in [0.25, 0.3) is 0 Å². The Labute approximate surface area is 302 Å². The van der Waals surface area contributed by atoms with Gasteiger partial charge in [0.15, 0.2) is 6.23 Å². The van der Waals surface area contributed by atoms with Crippen molar-refractivity contribution in [1.29, 1.82) is 0 Å². The van der Waals surface area contributed by atoms with E-state index in [1.807, 2.05) is 78.9 Å². The second-order valence-corrected chi connectivity index (χ2v) is 13.9. The lowest BCUT2D eigenvalue weighted by Gasteiger charge is -2.40. The van der Waals surface area contributed by atoms with Crippen LogP contribution in [0.1, 0.15) is 22.9 Å². The molecule has 13 nitrogen and oxygen atoms in total. The molecule has 2 bridgehead atoms. The molecule has 2 unspecified atom stereocenters. The highest BCUT2D eigenvalue weighted by atomic mass is 35.5. The number of para-hydroxylation sites is 1. The summed E-state index contributed by atoms with van der Waals surface area (Å²) in [5, 5.41) is 0.0876. The number of hydrogen-bond donors (Lipinski definition) is 2. The number of ether oxygens (including phenoxy) is 5. The molecule has 2 saturated heterocycles. The predicted octanol–water partition coefficient (Wildman–Crippen LogP) is 5.45. The zero-order valence-corrected chi connectivity index (χ0v) is 29.6. The summed E-state index contributed by atoms with van der Waals surface area (Å²) in [6, 6.07) is 31.6. The molecule has 3 heterocycles. The van der Waals surface area contributed by atoms with E-state index in [1.165, 1.54) is 18.3 Å². The first kappa shape index (κ1) is 35.7. The van der Waals surface area contributed by atoms with Crippen LogP contribution in [0.3, 0.4) is 0 Å². The normalized spacial score (nSPS) is 22.1. The number of rotatable bonds is 13. The lowest BCUT2D eigenvalue weighted by Crippen LogP contribution is -2.49. The Morgan fingerprint density at radius 1 is 0.885 bits per heavy atom. The number of fused-ring (bicyclic) bond motifs is 2. The molecule has 4 aromatic carbocycles. The van der Waals surface area contributed by atoms with Gasteiger partial charge >= 0.3 is 13.5 Å². The van der Waals surface area contributed by atoms with E-state index in [0.717, 1.165) is 27.3 Å². The Bertz CT molecular complexity index is 2150. The highest BCUT2D eigenvalue weighted by Gasteiger charge is 2.66. The Morgan fingerprint density at radius 3 is 2.08 bits per heavy atom. The number of benzene rings is 4. The van der Waals surface area contributed by atoms with Crippen molar-refractivity contribution < 1.29 is 42.2 Å². The monoisotopic (exact) mass is 748 g/mol. The molecule has 0 spiro atoms.